The molecule has 4 nitrogen and oxygen atoms in total. The van der Waals surface area contributed by atoms with E-state index in [0.717, 1.165) is 24.3 Å². The molecule has 0 spiro atoms. The summed E-state index contributed by atoms with van der Waals surface area (Å²) >= 11 is 0. The highest BCUT2D eigenvalue weighted by Crippen LogP contribution is 2.34. The molecule has 3 aromatic heterocycles. The van der Waals surface area contributed by atoms with Gasteiger partial charge in [-0.1, -0.05) is 6.08 Å². The molecular formula is C37H16F12N4. The van der Waals surface area contributed by atoms with Crippen LogP contribution in [-0.4, -0.2) is 15.0 Å². The lowest BCUT2D eigenvalue weighted by Crippen LogP contribution is -2.24. The average molecular weight is 745 g/mol. The van der Waals surface area contributed by atoms with Crippen LogP contribution in [0.15, 0.2) is 66.4 Å². The minimum absolute atomic E-state index is 0.0150. The summed E-state index contributed by atoms with van der Waals surface area (Å²) in [6.45, 7) is 0. The number of halogens is 12. The SMILES string of the molecule is Fc1cc(F)c(F)c(C2=c3ccc([nH]3)=C(c3c(F)c(F)cc(F)c3F)c3ccc([nH]3)C(c3c(F)c(F)cc(F)c3F)=c3ccc([nH]3)=C3CC=C2N3)c1F. The van der Waals surface area contributed by atoms with Crippen LogP contribution < -0.4 is 26.7 Å². The first-order valence-corrected chi connectivity index (χ1v) is 15.3. The topological polar surface area (TPSA) is 59.4 Å². The van der Waals surface area contributed by atoms with Crippen LogP contribution in [0.3, 0.4) is 0 Å². The molecule has 0 aliphatic carbocycles. The van der Waals surface area contributed by atoms with Crippen molar-refractivity contribution in [3.05, 3.63) is 186 Å². The molecule has 3 aromatic carbocycles. The third-order valence-electron chi connectivity index (χ3n) is 8.88. The van der Waals surface area contributed by atoms with E-state index < -0.39 is 114 Å². The molecule has 2 aliphatic heterocycles. The molecule has 8 rings (SSSR count). The van der Waals surface area contributed by atoms with Crippen LogP contribution in [0.4, 0.5) is 52.7 Å². The highest BCUT2D eigenvalue weighted by Gasteiger charge is 2.30. The maximum atomic E-state index is 15.6. The Bertz CT molecular complexity index is 2800. The zero-order chi connectivity index (χ0) is 37.6. The fourth-order valence-corrected chi connectivity index (χ4v) is 6.52. The number of nitrogens with one attached hydrogen (secondary N) is 4. The van der Waals surface area contributed by atoms with Gasteiger partial charge in [0.05, 0.1) is 22.0 Å². The van der Waals surface area contributed by atoms with Gasteiger partial charge in [-0.25, -0.2) is 52.7 Å². The van der Waals surface area contributed by atoms with E-state index >= 15 is 26.3 Å². The average Bonchev–Trinajstić information content (AvgIpc) is 3.95. The summed E-state index contributed by atoms with van der Waals surface area (Å²) in [7, 11) is 0. The third-order valence-corrected chi connectivity index (χ3v) is 8.88. The summed E-state index contributed by atoms with van der Waals surface area (Å²) in [6, 6.07) is 6.82. The predicted molar refractivity (Wildman–Crippen MR) is 165 cm³/mol. The maximum Gasteiger partial charge on any atom is 0.169 e. The van der Waals surface area contributed by atoms with Gasteiger partial charge in [0.15, 0.2) is 69.8 Å². The molecule has 8 bridgehead atoms. The van der Waals surface area contributed by atoms with Crippen LogP contribution >= 0.6 is 0 Å². The highest BCUT2D eigenvalue weighted by molar-refractivity contribution is 5.85. The van der Waals surface area contributed by atoms with E-state index in [4.69, 9.17) is 0 Å². The number of hydrogen-bond acceptors (Lipinski definition) is 1. The van der Waals surface area contributed by atoms with E-state index in [-0.39, 0.29) is 57.8 Å². The Morgan fingerprint density at radius 1 is 0.377 bits per heavy atom. The molecule has 5 heterocycles. The van der Waals surface area contributed by atoms with Gasteiger partial charge < -0.3 is 20.3 Å². The Balaban J connectivity index is 1.57. The first-order valence-electron chi connectivity index (χ1n) is 15.3. The molecule has 0 amide bonds. The van der Waals surface area contributed by atoms with E-state index in [1.165, 1.54) is 18.2 Å². The number of H-pyrrole nitrogens is 3. The quantitative estimate of drug-likeness (QED) is 0.130. The molecule has 0 saturated heterocycles. The second-order valence-corrected chi connectivity index (χ2v) is 11.9. The standard InChI is InChI=1S/C37H16F12N4/c38-12-9-13(39)33(45)29(32(12)44)26-20-3-1-18(50-20)19-2-4-21(51-19)27(30-34(46)14(40)10-15(41)35(30)47)23-6-8-25(53-23)28(24-7-5-22(26)52-24)31-36(48)16(42)11-17(43)37(31)49/h1,3-11,50-53H,2H2. The Morgan fingerprint density at radius 2 is 0.717 bits per heavy atom. The lowest BCUT2D eigenvalue weighted by Gasteiger charge is -2.14. The van der Waals surface area contributed by atoms with Crippen molar-refractivity contribution in [3.63, 3.8) is 0 Å². The molecule has 0 fully saturated rings. The van der Waals surface area contributed by atoms with Crippen molar-refractivity contribution in [1.82, 2.24) is 20.3 Å². The second-order valence-electron chi connectivity index (χ2n) is 11.9. The zero-order valence-corrected chi connectivity index (χ0v) is 26.0. The molecule has 16 heteroatoms. The molecular weight excluding hydrogens is 728 g/mol. The largest absolute Gasteiger partial charge is 0.357 e. The number of benzene rings is 3. The van der Waals surface area contributed by atoms with Crippen LogP contribution in [0, 0.1) is 69.8 Å². The smallest absolute Gasteiger partial charge is 0.169 e. The second kappa shape index (κ2) is 12.1. The summed E-state index contributed by atoms with van der Waals surface area (Å²) in [5, 5.41) is 2.10. The van der Waals surface area contributed by atoms with Gasteiger partial charge >= 0.3 is 0 Å². The van der Waals surface area contributed by atoms with Crippen LogP contribution in [0.1, 0.15) is 34.5 Å². The van der Waals surface area contributed by atoms with E-state index in [1.807, 2.05) is 0 Å². The Labute approximate surface area is 287 Å². The lowest BCUT2D eigenvalue weighted by atomic mass is 10.0. The van der Waals surface area contributed by atoms with E-state index in [9.17, 15) is 26.3 Å². The summed E-state index contributed by atoms with van der Waals surface area (Å²) in [6.07, 6.45) is 1.29. The van der Waals surface area contributed by atoms with E-state index in [0.29, 0.717) is 0 Å². The van der Waals surface area contributed by atoms with Gasteiger partial charge in [0.1, 0.15) is 0 Å². The number of allylic oxidation sites excluding steroid dienone is 1. The maximum absolute atomic E-state index is 15.6. The van der Waals surface area contributed by atoms with Gasteiger partial charge in [-0.15, -0.1) is 0 Å². The molecule has 0 radical (unpaired) electrons. The van der Waals surface area contributed by atoms with Crippen LogP contribution in [0.5, 0.6) is 0 Å². The number of rotatable bonds is 3. The molecule has 2 aliphatic rings. The van der Waals surface area contributed by atoms with Gasteiger partial charge in [-0.05, 0) is 36.4 Å². The molecule has 268 valence electrons. The molecule has 0 saturated carbocycles. The normalized spacial score (nSPS) is 14.1. The van der Waals surface area contributed by atoms with Gasteiger partial charge in [0.2, 0.25) is 0 Å². The van der Waals surface area contributed by atoms with E-state index in [2.05, 4.69) is 20.3 Å². The van der Waals surface area contributed by atoms with Crippen LogP contribution in [-0.2, 0) is 0 Å². The molecule has 0 unspecified atom stereocenters. The molecule has 0 atom stereocenters. The van der Waals surface area contributed by atoms with Gasteiger partial charge in [-0.2, -0.15) is 0 Å². The summed E-state index contributed by atoms with van der Waals surface area (Å²) in [4.78, 5) is 8.14. The van der Waals surface area contributed by atoms with Crippen molar-refractivity contribution in [2.24, 2.45) is 0 Å². The fraction of sp³-hybridized carbons (Fsp3) is 0.0270. The van der Waals surface area contributed by atoms with Crippen molar-refractivity contribution in [1.29, 1.82) is 0 Å². The van der Waals surface area contributed by atoms with Crippen molar-refractivity contribution in [2.75, 3.05) is 0 Å². The van der Waals surface area contributed by atoms with Crippen LogP contribution in [0.2, 0.25) is 0 Å². The monoisotopic (exact) mass is 744 g/mol. The Hall–Kier alpha value is -6.32. The fourth-order valence-electron chi connectivity index (χ4n) is 6.52. The van der Waals surface area contributed by atoms with Gasteiger partial charge in [0.25, 0.3) is 0 Å². The predicted octanol–water partition coefficient (Wildman–Crippen LogP) is 6.03. The van der Waals surface area contributed by atoms with Crippen molar-refractivity contribution >= 4 is 22.4 Å². The highest BCUT2D eigenvalue weighted by atomic mass is 19.2. The number of hydrogen-bond donors (Lipinski definition) is 4. The van der Waals surface area contributed by atoms with Crippen molar-refractivity contribution in [2.45, 2.75) is 6.42 Å². The number of aromatic amines is 3. The Morgan fingerprint density at radius 3 is 1.13 bits per heavy atom. The minimum atomic E-state index is -1.92. The number of fused-ring (bicyclic) bond motifs is 8. The molecule has 4 N–H and O–H groups in total. The Kier molecular flexibility index (Phi) is 7.74. The van der Waals surface area contributed by atoms with Gasteiger partial charge in [0, 0.05) is 80.2 Å². The molecule has 53 heavy (non-hydrogen) atoms. The summed E-state index contributed by atoms with van der Waals surface area (Å²) in [5.41, 5.74) is -6.25. The number of aromatic nitrogens is 3. The van der Waals surface area contributed by atoms with Crippen LogP contribution in [0.25, 0.3) is 22.4 Å². The molecule has 6 aromatic rings. The van der Waals surface area contributed by atoms with Crippen molar-refractivity contribution in [3.8, 4) is 0 Å². The van der Waals surface area contributed by atoms with Gasteiger partial charge in [-0.3, -0.25) is 0 Å². The minimum Gasteiger partial charge on any atom is -0.357 e. The third kappa shape index (κ3) is 5.18. The summed E-state index contributed by atoms with van der Waals surface area (Å²) < 4.78 is 181. The lowest BCUT2D eigenvalue weighted by molar-refractivity contribution is 0.450. The zero-order valence-electron chi connectivity index (χ0n) is 26.0. The first-order chi connectivity index (χ1) is 25.2. The summed E-state index contributed by atoms with van der Waals surface area (Å²) in [5.74, 6) is -21.9. The van der Waals surface area contributed by atoms with E-state index in [1.54, 1.807) is 0 Å². The van der Waals surface area contributed by atoms with Crippen molar-refractivity contribution < 1.29 is 52.7 Å². The first kappa shape index (κ1) is 33.8.